The lowest BCUT2D eigenvalue weighted by Crippen LogP contribution is -2.47. The number of hydrogen-bond donors (Lipinski definition) is 1. The summed E-state index contributed by atoms with van der Waals surface area (Å²) in [5.41, 5.74) is 5.50. The van der Waals surface area contributed by atoms with E-state index < -0.39 is 6.10 Å². The summed E-state index contributed by atoms with van der Waals surface area (Å²) < 4.78 is 10.6. The minimum Gasteiger partial charge on any atom is -0.376 e. The maximum atomic E-state index is 12.0. The van der Waals surface area contributed by atoms with Crippen molar-refractivity contribution in [1.29, 1.82) is 0 Å². The molecule has 1 aliphatic heterocycles. The molecule has 1 unspecified atom stereocenters. The number of nitrogens with two attached hydrogens (primary N) is 1. The van der Waals surface area contributed by atoms with Crippen LogP contribution < -0.4 is 5.73 Å². The Kier molecular flexibility index (Phi) is 3.56. The van der Waals surface area contributed by atoms with Crippen molar-refractivity contribution in [2.24, 2.45) is 5.73 Å². The lowest BCUT2D eigenvalue weighted by Gasteiger charge is -2.29. The van der Waals surface area contributed by atoms with Crippen molar-refractivity contribution in [3.8, 4) is 0 Å². The molecule has 0 aromatic carbocycles. The van der Waals surface area contributed by atoms with Gasteiger partial charge in [0.2, 0.25) is 0 Å². The molecule has 0 radical (unpaired) electrons. The summed E-state index contributed by atoms with van der Waals surface area (Å²) in [4.78, 5) is 13.9. The molecule has 0 aromatic rings. The number of rotatable bonds is 4. The third kappa shape index (κ3) is 2.68. The summed E-state index contributed by atoms with van der Waals surface area (Å²) in [5.74, 6) is 0.0441. The Morgan fingerprint density at radius 1 is 1.40 bits per heavy atom. The first-order valence-corrected chi connectivity index (χ1v) is 5.53. The van der Waals surface area contributed by atoms with Crippen LogP contribution >= 0.6 is 0 Å². The van der Waals surface area contributed by atoms with Crippen LogP contribution in [0.15, 0.2) is 0 Å². The van der Waals surface area contributed by atoms with E-state index in [-0.39, 0.29) is 5.91 Å². The van der Waals surface area contributed by atoms with Crippen LogP contribution in [-0.4, -0.2) is 55.9 Å². The Balaban J connectivity index is 1.90. The maximum Gasteiger partial charge on any atom is 0.254 e. The SMILES string of the molecule is NCCN(C(=O)C1COCCO1)C1CC1. The zero-order valence-corrected chi connectivity index (χ0v) is 8.85. The van der Waals surface area contributed by atoms with Gasteiger partial charge in [0.05, 0.1) is 19.8 Å². The molecule has 0 bridgehead atoms. The minimum atomic E-state index is -0.411. The predicted molar refractivity (Wildman–Crippen MR) is 54.3 cm³/mol. The highest BCUT2D eigenvalue weighted by Crippen LogP contribution is 2.27. The standard InChI is InChI=1S/C10H18N2O3/c11-3-4-12(8-1-2-8)10(13)9-7-14-5-6-15-9/h8-9H,1-7,11H2. The predicted octanol–water partition coefficient (Wildman–Crippen LogP) is -0.648. The minimum absolute atomic E-state index is 0.0441. The monoisotopic (exact) mass is 214 g/mol. The lowest BCUT2D eigenvalue weighted by atomic mass is 10.3. The summed E-state index contributed by atoms with van der Waals surface area (Å²) in [6.07, 6.45) is 1.78. The van der Waals surface area contributed by atoms with Crippen LogP contribution in [0.2, 0.25) is 0 Å². The van der Waals surface area contributed by atoms with Gasteiger partial charge in [-0.25, -0.2) is 0 Å². The van der Waals surface area contributed by atoms with Gasteiger partial charge in [0.1, 0.15) is 0 Å². The van der Waals surface area contributed by atoms with Gasteiger partial charge in [0.15, 0.2) is 6.10 Å². The van der Waals surface area contributed by atoms with E-state index >= 15 is 0 Å². The van der Waals surface area contributed by atoms with Gasteiger partial charge in [-0.05, 0) is 12.8 Å². The molecule has 1 amide bonds. The van der Waals surface area contributed by atoms with Crippen LogP contribution in [0.1, 0.15) is 12.8 Å². The second kappa shape index (κ2) is 4.92. The lowest BCUT2D eigenvalue weighted by molar-refractivity contribution is -0.158. The summed E-state index contributed by atoms with van der Waals surface area (Å²) in [6.45, 7) is 2.62. The fourth-order valence-electron chi connectivity index (χ4n) is 1.81. The Morgan fingerprint density at radius 3 is 2.73 bits per heavy atom. The van der Waals surface area contributed by atoms with Crippen LogP contribution in [0.5, 0.6) is 0 Å². The van der Waals surface area contributed by atoms with E-state index in [1.807, 2.05) is 4.90 Å². The number of nitrogens with zero attached hydrogens (tertiary/aromatic N) is 1. The molecule has 2 aliphatic rings. The highest BCUT2D eigenvalue weighted by Gasteiger charge is 2.36. The zero-order chi connectivity index (χ0) is 10.7. The molecule has 15 heavy (non-hydrogen) atoms. The second-order valence-electron chi connectivity index (χ2n) is 3.99. The van der Waals surface area contributed by atoms with Gasteiger partial charge >= 0.3 is 0 Å². The molecule has 5 nitrogen and oxygen atoms in total. The largest absolute Gasteiger partial charge is 0.376 e. The second-order valence-corrected chi connectivity index (χ2v) is 3.99. The van der Waals surface area contributed by atoms with E-state index in [0.29, 0.717) is 39.0 Å². The fraction of sp³-hybridized carbons (Fsp3) is 0.900. The number of ether oxygens (including phenoxy) is 2. The molecule has 1 heterocycles. The van der Waals surface area contributed by atoms with E-state index in [4.69, 9.17) is 15.2 Å². The Bertz CT molecular complexity index is 225. The van der Waals surface area contributed by atoms with Gasteiger partial charge in [-0.1, -0.05) is 0 Å². The Hall–Kier alpha value is -0.650. The molecule has 5 heteroatoms. The first-order chi connectivity index (χ1) is 7.33. The van der Waals surface area contributed by atoms with E-state index in [0.717, 1.165) is 12.8 Å². The molecule has 2 fully saturated rings. The van der Waals surface area contributed by atoms with Crippen molar-refractivity contribution in [2.45, 2.75) is 25.0 Å². The molecule has 1 aliphatic carbocycles. The van der Waals surface area contributed by atoms with Crippen molar-refractivity contribution in [2.75, 3.05) is 32.9 Å². The maximum absolute atomic E-state index is 12.0. The molecule has 1 saturated carbocycles. The van der Waals surface area contributed by atoms with Crippen molar-refractivity contribution < 1.29 is 14.3 Å². The van der Waals surface area contributed by atoms with Gasteiger partial charge in [-0.15, -0.1) is 0 Å². The van der Waals surface area contributed by atoms with Gasteiger partial charge in [0.25, 0.3) is 5.91 Å². The smallest absolute Gasteiger partial charge is 0.254 e. The first-order valence-electron chi connectivity index (χ1n) is 5.53. The molecule has 86 valence electrons. The average molecular weight is 214 g/mol. The Morgan fingerprint density at radius 2 is 2.20 bits per heavy atom. The quantitative estimate of drug-likeness (QED) is 0.675. The zero-order valence-electron chi connectivity index (χ0n) is 8.85. The number of amides is 1. The summed E-state index contributed by atoms with van der Waals surface area (Å²) >= 11 is 0. The molecule has 2 rings (SSSR count). The normalized spacial score (nSPS) is 26.3. The molecular weight excluding hydrogens is 196 g/mol. The van der Waals surface area contributed by atoms with E-state index in [1.54, 1.807) is 0 Å². The summed E-state index contributed by atoms with van der Waals surface area (Å²) in [5, 5.41) is 0. The third-order valence-corrected chi connectivity index (χ3v) is 2.73. The van der Waals surface area contributed by atoms with E-state index in [2.05, 4.69) is 0 Å². The van der Waals surface area contributed by atoms with Crippen molar-refractivity contribution >= 4 is 5.91 Å². The molecule has 1 saturated heterocycles. The number of carbonyl (C=O) groups is 1. The molecule has 0 aromatic heterocycles. The third-order valence-electron chi connectivity index (χ3n) is 2.73. The first kappa shape index (κ1) is 10.9. The highest BCUT2D eigenvalue weighted by atomic mass is 16.6. The highest BCUT2D eigenvalue weighted by molar-refractivity contribution is 5.81. The summed E-state index contributed by atoms with van der Waals surface area (Å²) in [7, 11) is 0. The van der Waals surface area contributed by atoms with E-state index in [9.17, 15) is 4.79 Å². The van der Waals surface area contributed by atoms with Crippen molar-refractivity contribution in [1.82, 2.24) is 4.90 Å². The van der Waals surface area contributed by atoms with Crippen molar-refractivity contribution in [3.63, 3.8) is 0 Å². The van der Waals surface area contributed by atoms with Crippen LogP contribution in [0.4, 0.5) is 0 Å². The molecular formula is C10H18N2O3. The molecule has 0 spiro atoms. The topological polar surface area (TPSA) is 64.8 Å². The van der Waals surface area contributed by atoms with Gasteiger partial charge in [-0.2, -0.15) is 0 Å². The van der Waals surface area contributed by atoms with Crippen LogP contribution in [0.25, 0.3) is 0 Å². The van der Waals surface area contributed by atoms with E-state index in [1.165, 1.54) is 0 Å². The van der Waals surface area contributed by atoms with Gasteiger partial charge in [-0.3, -0.25) is 4.79 Å². The number of carbonyl (C=O) groups excluding carboxylic acids is 1. The van der Waals surface area contributed by atoms with Gasteiger partial charge < -0.3 is 20.1 Å². The Labute approximate surface area is 89.5 Å². The molecule has 2 N–H and O–H groups in total. The van der Waals surface area contributed by atoms with Crippen LogP contribution in [0.3, 0.4) is 0 Å². The van der Waals surface area contributed by atoms with Gasteiger partial charge in [0, 0.05) is 19.1 Å². The van der Waals surface area contributed by atoms with Crippen molar-refractivity contribution in [3.05, 3.63) is 0 Å². The average Bonchev–Trinajstić information content (AvgIpc) is 3.10. The number of hydrogen-bond acceptors (Lipinski definition) is 4. The van der Waals surface area contributed by atoms with Crippen LogP contribution in [-0.2, 0) is 14.3 Å². The fourth-order valence-corrected chi connectivity index (χ4v) is 1.81. The van der Waals surface area contributed by atoms with Crippen LogP contribution in [0, 0.1) is 0 Å². The molecule has 1 atom stereocenters. The summed E-state index contributed by atoms with van der Waals surface area (Å²) in [6, 6.07) is 0.395.